The van der Waals surface area contributed by atoms with Gasteiger partial charge in [0, 0.05) is 23.6 Å². The third kappa shape index (κ3) is 6.84. The second-order valence-corrected chi connectivity index (χ2v) is 11.5. The molecule has 0 spiro atoms. The summed E-state index contributed by atoms with van der Waals surface area (Å²) in [6, 6.07) is -0.339. The number of amides is 2. The molecule has 2 aromatic heterocycles. The summed E-state index contributed by atoms with van der Waals surface area (Å²) >= 11 is 1.25. The van der Waals surface area contributed by atoms with E-state index in [1.807, 2.05) is 0 Å². The third-order valence-corrected chi connectivity index (χ3v) is 7.23. The molecule has 0 radical (unpaired) electrons. The fourth-order valence-electron chi connectivity index (χ4n) is 4.19. The number of carbonyl (C=O) groups is 2. The first-order valence-corrected chi connectivity index (χ1v) is 13.6. The lowest BCUT2D eigenvalue weighted by atomic mass is 10.2. The molecule has 1 atom stereocenters. The molecule has 2 aromatic rings. The van der Waals surface area contributed by atoms with E-state index >= 15 is 0 Å². The number of hydrogen-bond donors (Lipinski definition) is 1. The van der Waals surface area contributed by atoms with Crippen LogP contribution in [0.1, 0.15) is 70.9 Å². The number of carbonyl (C=O) groups excluding carboxylic acids is 2. The van der Waals surface area contributed by atoms with E-state index < -0.39 is 17.6 Å². The van der Waals surface area contributed by atoms with Gasteiger partial charge in [-0.25, -0.2) is 20.0 Å². The predicted molar refractivity (Wildman–Crippen MR) is 145 cm³/mol. The maximum absolute atomic E-state index is 13.5. The van der Waals surface area contributed by atoms with Crippen molar-refractivity contribution in [3.63, 3.8) is 0 Å². The van der Waals surface area contributed by atoms with Gasteiger partial charge in [-0.3, -0.25) is 18.7 Å². The maximum Gasteiger partial charge on any atom is 0.426 e. The molecule has 1 aliphatic rings. The molecule has 3 rings (SSSR count). The van der Waals surface area contributed by atoms with E-state index in [1.165, 1.54) is 28.2 Å². The van der Waals surface area contributed by atoms with Gasteiger partial charge < -0.3 is 14.2 Å². The number of hydrogen-bond acceptors (Lipinski definition) is 8. The Morgan fingerprint density at radius 2 is 2.00 bits per heavy atom. The van der Waals surface area contributed by atoms with E-state index in [0.717, 1.165) is 17.9 Å². The van der Waals surface area contributed by atoms with Crippen molar-refractivity contribution in [2.24, 2.45) is 0 Å². The van der Waals surface area contributed by atoms with Crippen LogP contribution in [0.4, 0.5) is 4.79 Å². The van der Waals surface area contributed by atoms with Gasteiger partial charge in [-0.2, -0.15) is 0 Å². The van der Waals surface area contributed by atoms with Gasteiger partial charge >= 0.3 is 11.8 Å². The van der Waals surface area contributed by atoms with Crippen molar-refractivity contribution in [2.75, 3.05) is 13.2 Å². The fourth-order valence-corrected chi connectivity index (χ4v) is 5.48. The monoisotopic (exact) mass is 550 g/mol. The van der Waals surface area contributed by atoms with Gasteiger partial charge in [0.2, 0.25) is 0 Å². The Hall–Kier alpha value is -3.12. The Morgan fingerprint density at radius 1 is 1.29 bits per heavy atom. The Labute approximate surface area is 225 Å². The van der Waals surface area contributed by atoms with Crippen molar-refractivity contribution < 1.29 is 23.8 Å². The highest BCUT2D eigenvalue weighted by Gasteiger charge is 2.27. The molecule has 0 saturated carbocycles. The zero-order valence-corrected chi connectivity index (χ0v) is 24.0. The summed E-state index contributed by atoms with van der Waals surface area (Å²) in [5.41, 5.74) is 1.61. The number of ether oxygens (including phenoxy) is 3. The third-order valence-electron chi connectivity index (χ3n) is 5.93. The minimum atomic E-state index is -0.799. The zero-order valence-electron chi connectivity index (χ0n) is 23.2. The van der Waals surface area contributed by atoms with Gasteiger partial charge in [-0.15, -0.1) is 11.3 Å². The average molecular weight is 551 g/mol. The fraction of sp³-hybridized carbons (Fsp3) is 0.615. The lowest BCUT2D eigenvalue weighted by Gasteiger charge is -2.25. The van der Waals surface area contributed by atoms with E-state index in [9.17, 15) is 19.2 Å². The highest BCUT2D eigenvalue weighted by Crippen LogP contribution is 2.30. The standard InChI is InChI=1S/C26H38N4O7S/c1-8-35-13-11-20(31)29(27-24(33)37-26(5,6)7)15-19-17(4)21-22(32)30(16(2)3)25(34)28(23(21)38-19)14-18-10-9-12-36-18/h11,13,16,18H,8-10,12,14-15H2,1-7H3,(H,27,33)/b13-11+. The lowest BCUT2D eigenvalue weighted by molar-refractivity contribution is -0.129. The number of fused-ring (bicyclic) bond motifs is 1. The highest BCUT2D eigenvalue weighted by molar-refractivity contribution is 7.18. The van der Waals surface area contributed by atoms with Gasteiger partial charge in [0.05, 0.1) is 37.4 Å². The predicted octanol–water partition coefficient (Wildman–Crippen LogP) is 3.61. The molecule has 1 aliphatic heterocycles. The number of nitrogens with zero attached hydrogens (tertiary/aromatic N) is 3. The van der Waals surface area contributed by atoms with Crippen LogP contribution in [0.15, 0.2) is 21.9 Å². The second kappa shape index (κ2) is 12.2. The molecule has 0 aromatic carbocycles. The molecular formula is C26H38N4O7S. The normalized spacial score (nSPS) is 15.9. The van der Waals surface area contributed by atoms with Crippen LogP contribution in [0.25, 0.3) is 10.2 Å². The summed E-state index contributed by atoms with van der Waals surface area (Å²) < 4.78 is 19.1. The van der Waals surface area contributed by atoms with Gasteiger partial charge in [0.25, 0.3) is 11.5 Å². The number of aromatic nitrogens is 2. The van der Waals surface area contributed by atoms with Crippen LogP contribution in [-0.4, -0.2) is 51.1 Å². The number of aryl methyl sites for hydroxylation is 1. The molecular weight excluding hydrogens is 512 g/mol. The molecule has 1 saturated heterocycles. The molecule has 1 N–H and O–H groups in total. The van der Waals surface area contributed by atoms with Crippen LogP contribution in [0.3, 0.4) is 0 Å². The number of rotatable bonds is 8. The first-order chi connectivity index (χ1) is 17.8. The largest absolute Gasteiger partial charge is 0.501 e. The lowest BCUT2D eigenvalue weighted by Crippen LogP contribution is -2.47. The van der Waals surface area contributed by atoms with E-state index in [4.69, 9.17) is 14.2 Å². The summed E-state index contributed by atoms with van der Waals surface area (Å²) in [6.07, 6.45) is 3.29. The maximum atomic E-state index is 13.5. The summed E-state index contributed by atoms with van der Waals surface area (Å²) in [5, 5.41) is 1.52. The molecule has 12 heteroatoms. The summed E-state index contributed by atoms with van der Waals surface area (Å²) in [7, 11) is 0. The average Bonchev–Trinajstić information content (AvgIpc) is 3.43. The Kier molecular flexibility index (Phi) is 9.42. The van der Waals surface area contributed by atoms with Crippen LogP contribution in [0.5, 0.6) is 0 Å². The van der Waals surface area contributed by atoms with Crippen molar-refractivity contribution in [2.45, 2.75) is 92.1 Å². The number of nitrogens with one attached hydrogen (secondary N) is 1. The topological polar surface area (TPSA) is 121 Å². The van der Waals surface area contributed by atoms with Gasteiger partial charge in [0.15, 0.2) is 0 Å². The molecule has 210 valence electrons. The number of thiophene rings is 1. The first kappa shape index (κ1) is 29.4. The van der Waals surface area contributed by atoms with E-state index in [-0.39, 0.29) is 29.9 Å². The molecule has 2 amide bonds. The van der Waals surface area contributed by atoms with Crippen molar-refractivity contribution in [3.8, 4) is 0 Å². The Balaban J connectivity index is 2.08. The van der Waals surface area contributed by atoms with Gasteiger partial charge in [0.1, 0.15) is 10.4 Å². The quantitative estimate of drug-likeness (QED) is 0.303. The van der Waals surface area contributed by atoms with Crippen LogP contribution in [0.2, 0.25) is 0 Å². The SMILES string of the molecule is CCO/C=C/C(=O)N(Cc1sc2c(c1C)c(=O)n(C(C)C)c(=O)n2CC1CCCO1)NC(=O)OC(C)(C)C. The summed E-state index contributed by atoms with van der Waals surface area (Å²) in [4.78, 5) is 53.6. The molecule has 1 unspecified atom stereocenters. The van der Waals surface area contributed by atoms with Crippen molar-refractivity contribution in [1.29, 1.82) is 0 Å². The molecule has 0 aliphatic carbocycles. The molecule has 11 nitrogen and oxygen atoms in total. The minimum Gasteiger partial charge on any atom is -0.501 e. The van der Waals surface area contributed by atoms with E-state index in [0.29, 0.717) is 40.4 Å². The van der Waals surface area contributed by atoms with Crippen molar-refractivity contribution in [3.05, 3.63) is 43.6 Å². The molecule has 3 heterocycles. The second-order valence-electron chi connectivity index (χ2n) is 10.4. The highest BCUT2D eigenvalue weighted by atomic mass is 32.1. The zero-order chi connectivity index (χ0) is 28.2. The summed E-state index contributed by atoms with van der Waals surface area (Å²) in [6.45, 7) is 13.6. The molecule has 38 heavy (non-hydrogen) atoms. The Bertz CT molecular complexity index is 1310. The van der Waals surface area contributed by atoms with E-state index in [1.54, 1.807) is 53.0 Å². The number of hydrazine groups is 1. The molecule has 0 bridgehead atoms. The van der Waals surface area contributed by atoms with Gasteiger partial charge in [-0.05, 0) is 66.9 Å². The summed E-state index contributed by atoms with van der Waals surface area (Å²) in [5.74, 6) is -0.544. The van der Waals surface area contributed by atoms with Gasteiger partial charge in [-0.1, -0.05) is 0 Å². The first-order valence-electron chi connectivity index (χ1n) is 12.8. The van der Waals surface area contributed by atoms with Crippen LogP contribution >= 0.6 is 11.3 Å². The van der Waals surface area contributed by atoms with Crippen molar-refractivity contribution in [1.82, 2.24) is 19.6 Å². The van der Waals surface area contributed by atoms with Crippen LogP contribution < -0.4 is 16.7 Å². The van der Waals surface area contributed by atoms with Crippen LogP contribution in [0, 0.1) is 6.92 Å². The van der Waals surface area contributed by atoms with Crippen LogP contribution in [-0.2, 0) is 32.1 Å². The smallest absolute Gasteiger partial charge is 0.426 e. The van der Waals surface area contributed by atoms with E-state index in [2.05, 4.69) is 5.43 Å². The minimum absolute atomic E-state index is 0.0467. The Morgan fingerprint density at radius 3 is 2.58 bits per heavy atom. The molecule has 1 fully saturated rings. The van der Waals surface area contributed by atoms with Crippen molar-refractivity contribution >= 4 is 33.6 Å².